The summed E-state index contributed by atoms with van der Waals surface area (Å²) in [6.07, 6.45) is 4.35. The summed E-state index contributed by atoms with van der Waals surface area (Å²) in [5.74, 6) is 0.979. The lowest BCUT2D eigenvalue weighted by atomic mass is 10.2. The predicted molar refractivity (Wildman–Crippen MR) is 138 cm³/mol. The third-order valence-electron chi connectivity index (χ3n) is 5.09. The second-order valence-electron chi connectivity index (χ2n) is 7.55. The second kappa shape index (κ2) is 10.8. The summed E-state index contributed by atoms with van der Waals surface area (Å²) in [6.45, 7) is 5.42. The molecule has 4 rings (SSSR count). The quantitative estimate of drug-likeness (QED) is 0.159. The van der Waals surface area contributed by atoms with Gasteiger partial charge in [0.2, 0.25) is 5.91 Å². The van der Waals surface area contributed by atoms with Crippen molar-refractivity contribution < 1.29 is 9.53 Å². The number of carbonyl (C=O) groups excluding carboxylic acids is 1. The molecule has 0 radical (unpaired) electrons. The number of hydrogen-bond donors (Lipinski definition) is 2. The highest BCUT2D eigenvalue weighted by Crippen LogP contribution is 2.36. The minimum absolute atomic E-state index is 0.309. The van der Waals surface area contributed by atoms with Crippen molar-refractivity contribution in [2.24, 2.45) is 5.29 Å². The Kier molecular flexibility index (Phi) is 7.13. The van der Waals surface area contributed by atoms with Gasteiger partial charge in [-0.15, -0.1) is 4.91 Å². The van der Waals surface area contributed by atoms with Crippen LogP contribution < -0.4 is 20.4 Å². The summed E-state index contributed by atoms with van der Waals surface area (Å²) in [7, 11) is 0. The average Bonchev–Trinajstić information content (AvgIpc) is 2.87. The fraction of sp³-hybridized carbons (Fsp3) is 0.0370. The number of amides is 1. The van der Waals surface area contributed by atoms with Crippen molar-refractivity contribution in [1.82, 2.24) is 4.98 Å². The minimum atomic E-state index is -0.309. The number of carbonyl (C=O) groups is 1. The number of aryl methyl sites for hydroxylation is 1. The van der Waals surface area contributed by atoms with Crippen LogP contribution in [0.2, 0.25) is 0 Å². The van der Waals surface area contributed by atoms with Gasteiger partial charge < -0.3 is 15.4 Å². The molecule has 35 heavy (non-hydrogen) atoms. The second-order valence-corrected chi connectivity index (χ2v) is 7.55. The van der Waals surface area contributed by atoms with Crippen LogP contribution in [0.3, 0.4) is 0 Å². The molecule has 0 saturated heterocycles. The molecule has 1 heterocycles. The predicted octanol–water partition coefficient (Wildman–Crippen LogP) is 6.87. The molecule has 0 saturated carbocycles. The molecule has 1 aromatic heterocycles. The van der Waals surface area contributed by atoms with Gasteiger partial charge in [0.25, 0.3) is 0 Å². The molecular weight excluding hydrogens is 442 g/mol. The van der Waals surface area contributed by atoms with Crippen LogP contribution in [0.5, 0.6) is 11.5 Å². The van der Waals surface area contributed by atoms with E-state index >= 15 is 0 Å². The Hall–Kier alpha value is -4.98. The molecule has 0 fully saturated rings. The summed E-state index contributed by atoms with van der Waals surface area (Å²) in [4.78, 5) is 27.8. The van der Waals surface area contributed by atoms with Crippen LogP contribution in [0.25, 0.3) is 0 Å². The highest BCUT2D eigenvalue weighted by atomic mass is 16.5. The van der Waals surface area contributed by atoms with Gasteiger partial charge in [0.05, 0.1) is 22.9 Å². The maximum atomic E-state index is 12.0. The fourth-order valence-corrected chi connectivity index (χ4v) is 3.39. The van der Waals surface area contributed by atoms with E-state index in [0.29, 0.717) is 34.2 Å². The van der Waals surface area contributed by atoms with Crippen LogP contribution in [0.4, 0.5) is 28.4 Å². The highest BCUT2D eigenvalue weighted by molar-refractivity contribution is 5.99. The van der Waals surface area contributed by atoms with Gasteiger partial charge in [-0.1, -0.05) is 36.9 Å². The van der Waals surface area contributed by atoms with Crippen LogP contribution >= 0.6 is 0 Å². The van der Waals surface area contributed by atoms with Crippen molar-refractivity contribution in [3.05, 3.63) is 114 Å². The molecule has 0 unspecified atom stereocenters. The minimum Gasteiger partial charge on any atom is -0.457 e. The van der Waals surface area contributed by atoms with Gasteiger partial charge in [-0.2, -0.15) is 5.01 Å². The molecule has 0 aliphatic rings. The average molecular weight is 466 g/mol. The van der Waals surface area contributed by atoms with Gasteiger partial charge in [-0.05, 0) is 61.0 Å². The molecule has 0 aliphatic carbocycles. The van der Waals surface area contributed by atoms with E-state index in [2.05, 4.69) is 27.5 Å². The van der Waals surface area contributed by atoms with Crippen molar-refractivity contribution in [3.63, 3.8) is 0 Å². The van der Waals surface area contributed by atoms with E-state index in [1.807, 2.05) is 43.3 Å². The first kappa shape index (κ1) is 23.2. The molecule has 3 aromatic carbocycles. The zero-order valence-electron chi connectivity index (χ0n) is 19.0. The maximum absolute atomic E-state index is 12.0. The Morgan fingerprint density at radius 3 is 2.63 bits per heavy atom. The summed E-state index contributed by atoms with van der Waals surface area (Å²) in [6, 6.07) is 23.7. The number of benzene rings is 3. The molecule has 4 aromatic rings. The largest absolute Gasteiger partial charge is 0.457 e. The van der Waals surface area contributed by atoms with Crippen molar-refractivity contribution in [2.75, 3.05) is 15.6 Å². The van der Waals surface area contributed by atoms with E-state index in [1.54, 1.807) is 54.9 Å². The Morgan fingerprint density at radius 2 is 1.83 bits per heavy atom. The summed E-state index contributed by atoms with van der Waals surface area (Å²) >= 11 is 0. The lowest BCUT2D eigenvalue weighted by Crippen LogP contribution is -2.11. The van der Waals surface area contributed by atoms with Gasteiger partial charge in [-0.3, -0.25) is 9.78 Å². The van der Waals surface area contributed by atoms with Crippen molar-refractivity contribution in [3.8, 4) is 11.5 Å². The summed E-state index contributed by atoms with van der Waals surface area (Å²) < 4.78 is 6.02. The number of hydrogen-bond acceptors (Lipinski definition) is 6. The topological polar surface area (TPSA) is 95.9 Å². The number of ether oxygens (including phenoxy) is 1. The number of nitroso groups, excluding NO2 is 1. The molecule has 2 N–H and O–H groups in total. The highest BCUT2D eigenvalue weighted by Gasteiger charge is 2.16. The third-order valence-corrected chi connectivity index (χ3v) is 5.09. The molecule has 0 spiro atoms. The summed E-state index contributed by atoms with van der Waals surface area (Å²) in [5, 5.41) is 10.5. The van der Waals surface area contributed by atoms with Gasteiger partial charge in [0.1, 0.15) is 17.2 Å². The van der Waals surface area contributed by atoms with E-state index in [4.69, 9.17) is 4.74 Å². The zero-order valence-corrected chi connectivity index (χ0v) is 19.0. The van der Waals surface area contributed by atoms with E-state index in [-0.39, 0.29) is 5.91 Å². The molecular formula is C27H23N5O3. The standard InChI is InChI=1S/C27H23N5O3/c1-3-27(33)30-21-10-6-9-20(16-21)29-24-14-15-28-18-25(24)32(31-34)22-11-7-12-23(17-22)35-26-13-5-4-8-19(26)2/h3-18H,1H2,2H3,(H,28,29)(H,30,33). The van der Waals surface area contributed by atoms with E-state index < -0.39 is 0 Å². The van der Waals surface area contributed by atoms with Crippen LogP contribution in [0.1, 0.15) is 5.56 Å². The molecule has 0 bridgehead atoms. The number of nitrogens with zero attached hydrogens (tertiary/aromatic N) is 3. The lowest BCUT2D eigenvalue weighted by Gasteiger charge is -2.20. The van der Waals surface area contributed by atoms with Gasteiger partial charge >= 0.3 is 0 Å². The van der Waals surface area contributed by atoms with Crippen molar-refractivity contribution in [2.45, 2.75) is 6.92 Å². The summed E-state index contributed by atoms with van der Waals surface area (Å²) in [5.41, 5.74) is 3.83. The van der Waals surface area contributed by atoms with Crippen LogP contribution in [-0.2, 0) is 4.79 Å². The van der Waals surface area contributed by atoms with E-state index in [0.717, 1.165) is 11.3 Å². The first-order chi connectivity index (χ1) is 17.1. The molecule has 8 heteroatoms. The Balaban J connectivity index is 1.62. The third kappa shape index (κ3) is 5.69. The number of aromatic nitrogens is 1. The molecule has 8 nitrogen and oxygen atoms in total. The smallest absolute Gasteiger partial charge is 0.247 e. The first-order valence-electron chi connectivity index (χ1n) is 10.8. The number of rotatable bonds is 9. The number of nitrogens with one attached hydrogen (secondary N) is 2. The fourth-order valence-electron chi connectivity index (χ4n) is 3.39. The number of pyridine rings is 1. The Bertz CT molecular complexity index is 1370. The van der Waals surface area contributed by atoms with Crippen molar-refractivity contribution in [1.29, 1.82) is 0 Å². The van der Waals surface area contributed by atoms with E-state index in [1.165, 1.54) is 11.1 Å². The van der Waals surface area contributed by atoms with Gasteiger partial charge in [0, 0.05) is 23.6 Å². The Morgan fingerprint density at radius 1 is 1.03 bits per heavy atom. The molecule has 0 atom stereocenters. The number of anilines is 5. The normalized spacial score (nSPS) is 10.2. The molecule has 1 amide bonds. The number of para-hydroxylation sites is 1. The van der Waals surface area contributed by atoms with Gasteiger partial charge in [-0.25, -0.2) is 0 Å². The zero-order chi connectivity index (χ0) is 24.6. The molecule has 174 valence electrons. The first-order valence-corrected chi connectivity index (χ1v) is 10.8. The molecule has 0 aliphatic heterocycles. The SMILES string of the molecule is C=CC(=O)Nc1cccc(Nc2ccncc2N(N=O)c2cccc(Oc3ccccc3C)c2)c1. The van der Waals surface area contributed by atoms with Crippen LogP contribution in [-0.4, -0.2) is 10.9 Å². The van der Waals surface area contributed by atoms with Gasteiger partial charge in [0.15, 0.2) is 0 Å². The maximum Gasteiger partial charge on any atom is 0.247 e. The van der Waals surface area contributed by atoms with E-state index in [9.17, 15) is 9.70 Å². The Labute approximate surface area is 202 Å². The lowest BCUT2D eigenvalue weighted by molar-refractivity contribution is -0.111. The van der Waals surface area contributed by atoms with Crippen LogP contribution in [0, 0.1) is 11.8 Å². The monoisotopic (exact) mass is 465 g/mol. The van der Waals surface area contributed by atoms with Crippen molar-refractivity contribution >= 4 is 34.3 Å². The van der Waals surface area contributed by atoms with Crippen LogP contribution in [0.15, 0.2) is 109 Å².